The van der Waals surface area contributed by atoms with E-state index in [1.807, 2.05) is 0 Å². The van der Waals surface area contributed by atoms with Crippen molar-refractivity contribution in [3.05, 3.63) is 0 Å². The van der Waals surface area contributed by atoms with Gasteiger partial charge in [0.1, 0.15) is 0 Å². The number of hydrogen-bond acceptors (Lipinski definition) is 13. The average molecular weight is 580 g/mol. The molecule has 1 aliphatic carbocycles. The molecule has 1 fully saturated rings. The predicted molar refractivity (Wildman–Crippen MR) is 139 cm³/mol. The van der Waals surface area contributed by atoms with Crippen molar-refractivity contribution >= 4 is 23.4 Å². The van der Waals surface area contributed by atoms with Gasteiger partial charge in [-0.25, -0.2) is 0 Å². The molecule has 0 spiro atoms. The van der Waals surface area contributed by atoms with Crippen LogP contribution in [0.15, 0.2) is 0 Å². The fraction of sp³-hybridized carbons (Fsp3) is 0.846. The largest absolute Gasteiger partial charge is 0.446 e. The zero-order chi connectivity index (χ0) is 29.1. The van der Waals surface area contributed by atoms with Crippen LogP contribution in [0.3, 0.4) is 0 Å². The van der Waals surface area contributed by atoms with Gasteiger partial charge in [0.2, 0.25) is 12.0 Å². The van der Waals surface area contributed by atoms with Crippen molar-refractivity contribution in [2.75, 3.05) is 112 Å². The second-order valence-electron chi connectivity index (χ2n) is 8.43. The van der Waals surface area contributed by atoms with E-state index >= 15 is 0 Å². The molecule has 14 nitrogen and oxygen atoms in total. The SMILES string of the molecule is CC(=O)NCCOCCOCCOCCOCCOCCOCCOCCOCCC(=O)OC1C(=O)CCC1=O. The molecule has 0 heterocycles. The van der Waals surface area contributed by atoms with Gasteiger partial charge in [0.15, 0.2) is 11.6 Å². The third-order valence-electron chi connectivity index (χ3n) is 5.13. The first-order valence-corrected chi connectivity index (χ1v) is 13.6. The lowest BCUT2D eigenvalue weighted by molar-refractivity contribution is -0.158. The second-order valence-corrected chi connectivity index (χ2v) is 8.43. The summed E-state index contributed by atoms with van der Waals surface area (Å²) in [6, 6.07) is 0. The number of rotatable bonds is 28. The van der Waals surface area contributed by atoms with Crippen LogP contribution in [0, 0.1) is 0 Å². The highest BCUT2D eigenvalue weighted by Gasteiger charge is 2.35. The van der Waals surface area contributed by atoms with Crippen molar-refractivity contribution in [2.45, 2.75) is 32.3 Å². The van der Waals surface area contributed by atoms with Gasteiger partial charge in [0.05, 0.1) is 112 Å². The Balaban J connectivity index is 1.68. The van der Waals surface area contributed by atoms with Crippen molar-refractivity contribution in [2.24, 2.45) is 0 Å². The first-order valence-electron chi connectivity index (χ1n) is 13.6. The van der Waals surface area contributed by atoms with E-state index in [1.165, 1.54) is 6.92 Å². The van der Waals surface area contributed by atoms with E-state index in [4.69, 9.17) is 42.6 Å². The smallest absolute Gasteiger partial charge is 0.309 e. The summed E-state index contributed by atoms with van der Waals surface area (Å²) in [7, 11) is 0. The first-order chi connectivity index (χ1) is 19.5. The molecular formula is C26H45NO13. The van der Waals surface area contributed by atoms with E-state index in [-0.39, 0.29) is 43.3 Å². The molecule has 1 aliphatic rings. The quantitative estimate of drug-likeness (QED) is 0.0717. The van der Waals surface area contributed by atoms with E-state index in [2.05, 4.69) is 5.32 Å². The van der Waals surface area contributed by atoms with E-state index in [0.29, 0.717) is 106 Å². The minimum absolute atomic E-state index is 0.0316. The van der Waals surface area contributed by atoms with Crippen LogP contribution in [0.5, 0.6) is 0 Å². The Morgan fingerprint density at radius 1 is 0.575 bits per heavy atom. The summed E-state index contributed by atoms with van der Waals surface area (Å²) >= 11 is 0. The lowest BCUT2D eigenvalue weighted by Crippen LogP contribution is -2.28. The van der Waals surface area contributed by atoms with Gasteiger partial charge in [0, 0.05) is 26.3 Å². The van der Waals surface area contributed by atoms with Crippen molar-refractivity contribution in [3.63, 3.8) is 0 Å². The lowest BCUT2D eigenvalue weighted by Gasteiger charge is -2.10. The first kappa shape index (κ1) is 36.0. The summed E-state index contributed by atoms with van der Waals surface area (Å²) in [6.07, 6.45) is -0.996. The molecule has 0 bridgehead atoms. The molecule has 1 N–H and O–H groups in total. The van der Waals surface area contributed by atoms with Crippen LogP contribution >= 0.6 is 0 Å². The number of hydrogen-bond donors (Lipinski definition) is 1. The molecule has 0 unspecified atom stereocenters. The number of ether oxygens (including phenoxy) is 9. The Morgan fingerprint density at radius 3 is 1.25 bits per heavy atom. The Morgan fingerprint density at radius 2 is 0.900 bits per heavy atom. The third-order valence-corrected chi connectivity index (χ3v) is 5.13. The van der Waals surface area contributed by atoms with Crippen LogP contribution in [-0.4, -0.2) is 142 Å². The van der Waals surface area contributed by atoms with Gasteiger partial charge in [-0.2, -0.15) is 0 Å². The van der Waals surface area contributed by atoms with Crippen LogP contribution < -0.4 is 5.32 Å². The minimum Gasteiger partial charge on any atom is -0.446 e. The van der Waals surface area contributed by atoms with Crippen molar-refractivity contribution in [1.82, 2.24) is 5.32 Å². The van der Waals surface area contributed by atoms with E-state index in [1.54, 1.807) is 0 Å². The number of ketones is 2. The molecule has 40 heavy (non-hydrogen) atoms. The topological polar surface area (TPSA) is 163 Å². The number of carbonyl (C=O) groups is 4. The fourth-order valence-electron chi connectivity index (χ4n) is 3.11. The Kier molecular flexibility index (Phi) is 23.3. The van der Waals surface area contributed by atoms with Gasteiger partial charge in [0.25, 0.3) is 0 Å². The van der Waals surface area contributed by atoms with E-state index in [0.717, 1.165) is 0 Å². The summed E-state index contributed by atoms with van der Waals surface area (Å²) in [5.74, 6) is -1.39. The van der Waals surface area contributed by atoms with Crippen LogP contribution in [0.1, 0.15) is 26.2 Å². The summed E-state index contributed by atoms with van der Waals surface area (Å²) < 4.78 is 47.9. The molecule has 0 radical (unpaired) electrons. The third kappa shape index (κ3) is 21.7. The molecule has 232 valence electrons. The van der Waals surface area contributed by atoms with Gasteiger partial charge in [-0.15, -0.1) is 0 Å². The number of carbonyl (C=O) groups excluding carboxylic acids is 4. The maximum absolute atomic E-state index is 11.6. The van der Waals surface area contributed by atoms with Gasteiger partial charge in [-0.1, -0.05) is 0 Å². The van der Waals surface area contributed by atoms with Gasteiger partial charge < -0.3 is 47.9 Å². The van der Waals surface area contributed by atoms with Gasteiger partial charge in [-0.05, 0) is 0 Å². The van der Waals surface area contributed by atoms with Crippen LogP contribution in [-0.2, 0) is 61.8 Å². The number of Topliss-reactive ketones (excluding diaryl/α,β-unsaturated/α-hetero) is 2. The van der Waals surface area contributed by atoms with Crippen LogP contribution in [0.25, 0.3) is 0 Å². The molecule has 14 heteroatoms. The van der Waals surface area contributed by atoms with Crippen LogP contribution in [0.4, 0.5) is 0 Å². The molecule has 0 atom stereocenters. The van der Waals surface area contributed by atoms with Crippen molar-refractivity contribution < 1.29 is 61.8 Å². The zero-order valence-corrected chi connectivity index (χ0v) is 23.5. The second kappa shape index (κ2) is 25.9. The monoisotopic (exact) mass is 579 g/mol. The normalized spacial score (nSPS) is 13.7. The standard InChI is InChI=1S/C26H45NO13/c1-22(28)27-5-7-33-9-11-35-13-15-37-17-19-39-21-20-38-18-16-36-14-12-34-10-8-32-6-4-25(31)40-26-23(29)2-3-24(26)30/h26H,2-21H2,1H3,(H,27,28). The fourth-order valence-corrected chi connectivity index (χ4v) is 3.11. The van der Waals surface area contributed by atoms with E-state index < -0.39 is 12.1 Å². The maximum atomic E-state index is 11.6. The molecule has 1 amide bonds. The molecule has 0 aliphatic heterocycles. The minimum atomic E-state index is -1.23. The van der Waals surface area contributed by atoms with E-state index in [9.17, 15) is 19.2 Å². The zero-order valence-electron chi connectivity index (χ0n) is 23.5. The molecule has 0 aromatic carbocycles. The highest BCUT2D eigenvalue weighted by atomic mass is 16.6. The highest BCUT2D eigenvalue weighted by Crippen LogP contribution is 2.14. The van der Waals surface area contributed by atoms with Gasteiger partial charge >= 0.3 is 5.97 Å². The predicted octanol–water partition coefficient (Wildman–Crippen LogP) is -0.511. The number of esters is 1. The summed E-state index contributed by atoms with van der Waals surface area (Å²) in [5, 5.41) is 2.64. The maximum Gasteiger partial charge on any atom is 0.309 e. The van der Waals surface area contributed by atoms with Crippen LogP contribution in [0.2, 0.25) is 0 Å². The lowest BCUT2D eigenvalue weighted by atomic mass is 10.3. The Labute approximate surface area is 235 Å². The molecule has 1 rings (SSSR count). The Hall–Kier alpha value is -2.04. The Bertz CT molecular complexity index is 676. The summed E-state index contributed by atoms with van der Waals surface area (Å²) in [5.41, 5.74) is 0. The molecule has 0 aromatic heterocycles. The molecule has 0 saturated heterocycles. The summed E-state index contributed by atoms with van der Waals surface area (Å²) in [6.45, 7) is 8.68. The summed E-state index contributed by atoms with van der Waals surface area (Å²) in [4.78, 5) is 45.2. The average Bonchev–Trinajstić information content (AvgIpc) is 3.24. The molecule has 1 saturated carbocycles. The van der Waals surface area contributed by atoms with Crippen molar-refractivity contribution in [3.8, 4) is 0 Å². The van der Waals surface area contributed by atoms with Crippen molar-refractivity contribution in [1.29, 1.82) is 0 Å². The molecule has 0 aromatic rings. The van der Waals surface area contributed by atoms with Gasteiger partial charge in [-0.3, -0.25) is 19.2 Å². The highest BCUT2D eigenvalue weighted by molar-refractivity contribution is 6.12. The number of nitrogens with one attached hydrogen (secondary N) is 1. The number of amides is 1. The molecular weight excluding hydrogens is 534 g/mol.